The van der Waals surface area contributed by atoms with Crippen LogP contribution in [0, 0.1) is 0 Å². The first-order valence-electron chi connectivity index (χ1n) is 5.49. The number of nitrogens with two attached hydrogens (primary N) is 1. The fraction of sp³-hybridized carbons (Fsp3) is 0.250. The second-order valence-corrected chi connectivity index (χ2v) is 4.09. The summed E-state index contributed by atoms with van der Waals surface area (Å²) in [7, 11) is 0. The van der Waals surface area contributed by atoms with E-state index in [9.17, 15) is 24.6 Å². The number of carboxylic acid groups (broad SMARTS) is 2. The van der Waals surface area contributed by atoms with Gasteiger partial charge < -0.3 is 26.2 Å². The number of carbonyl (C=O) groups is 3. The Bertz CT molecular complexity index is 555. The molecule has 2 unspecified atom stereocenters. The molecule has 0 saturated heterocycles. The van der Waals surface area contributed by atoms with Gasteiger partial charge in [-0.15, -0.1) is 0 Å². The molecule has 0 radical (unpaired) electrons. The lowest BCUT2D eigenvalue weighted by atomic mass is 9.95. The third-order valence-corrected chi connectivity index (χ3v) is 2.62. The molecule has 0 saturated carbocycles. The highest BCUT2D eigenvalue weighted by atomic mass is 16.4. The Morgan fingerprint density at radius 3 is 2.15 bits per heavy atom. The third kappa shape index (κ3) is 3.53. The summed E-state index contributed by atoms with van der Waals surface area (Å²) in [6.07, 6.45) is -3.81. The number of carbonyl (C=O) groups excluding carboxylic acids is 1. The first kappa shape index (κ1) is 15.6. The van der Waals surface area contributed by atoms with Crippen LogP contribution in [-0.2, 0) is 4.79 Å². The number of primary amides is 1. The van der Waals surface area contributed by atoms with Crippen molar-refractivity contribution >= 4 is 17.8 Å². The molecule has 0 aromatic heterocycles. The van der Waals surface area contributed by atoms with Crippen molar-refractivity contribution in [2.75, 3.05) is 0 Å². The zero-order valence-corrected chi connectivity index (χ0v) is 10.2. The summed E-state index contributed by atoms with van der Waals surface area (Å²) < 4.78 is 0. The smallest absolute Gasteiger partial charge is 0.336 e. The molecule has 1 rings (SSSR count). The molecular formula is C12H13NO7. The van der Waals surface area contributed by atoms with Gasteiger partial charge in [-0.2, -0.15) is 0 Å². The van der Waals surface area contributed by atoms with Gasteiger partial charge in [0.2, 0.25) is 5.91 Å². The molecule has 0 aliphatic carbocycles. The highest BCUT2D eigenvalue weighted by Crippen LogP contribution is 2.24. The zero-order valence-electron chi connectivity index (χ0n) is 10.2. The molecule has 0 fully saturated rings. The third-order valence-electron chi connectivity index (χ3n) is 2.62. The van der Waals surface area contributed by atoms with Crippen molar-refractivity contribution in [3.8, 4) is 0 Å². The van der Waals surface area contributed by atoms with E-state index in [1.165, 1.54) is 0 Å². The first-order chi connectivity index (χ1) is 9.23. The molecule has 6 N–H and O–H groups in total. The van der Waals surface area contributed by atoms with Gasteiger partial charge in [-0.3, -0.25) is 4.79 Å². The summed E-state index contributed by atoms with van der Waals surface area (Å²) in [6, 6.07) is 3.02. The number of rotatable bonds is 6. The molecular weight excluding hydrogens is 270 g/mol. The van der Waals surface area contributed by atoms with Crippen molar-refractivity contribution in [2.45, 2.75) is 18.6 Å². The number of aliphatic hydroxyl groups excluding tert-OH is 2. The van der Waals surface area contributed by atoms with E-state index in [-0.39, 0.29) is 11.1 Å². The zero-order chi connectivity index (χ0) is 15.4. The van der Waals surface area contributed by atoms with Gasteiger partial charge in [-0.1, -0.05) is 6.07 Å². The predicted molar refractivity (Wildman–Crippen MR) is 65.1 cm³/mol. The maximum absolute atomic E-state index is 11.1. The Hall–Kier alpha value is -2.45. The van der Waals surface area contributed by atoms with Crippen LogP contribution >= 0.6 is 0 Å². The van der Waals surface area contributed by atoms with E-state index in [0.29, 0.717) is 0 Å². The van der Waals surface area contributed by atoms with Crippen LogP contribution in [0.15, 0.2) is 18.2 Å². The van der Waals surface area contributed by atoms with Crippen LogP contribution in [0.5, 0.6) is 0 Å². The van der Waals surface area contributed by atoms with Gasteiger partial charge in [0.25, 0.3) is 0 Å². The van der Waals surface area contributed by atoms with E-state index in [0.717, 1.165) is 18.2 Å². The fourth-order valence-corrected chi connectivity index (χ4v) is 1.66. The van der Waals surface area contributed by atoms with Gasteiger partial charge in [-0.25, -0.2) is 9.59 Å². The van der Waals surface area contributed by atoms with Gasteiger partial charge in [0.05, 0.1) is 23.7 Å². The van der Waals surface area contributed by atoms with Crippen molar-refractivity contribution in [3.05, 3.63) is 34.9 Å². The topological polar surface area (TPSA) is 158 Å². The van der Waals surface area contributed by atoms with Crippen molar-refractivity contribution in [3.63, 3.8) is 0 Å². The monoisotopic (exact) mass is 283 g/mol. The number of hydrogen-bond donors (Lipinski definition) is 5. The van der Waals surface area contributed by atoms with E-state index in [4.69, 9.17) is 15.9 Å². The van der Waals surface area contributed by atoms with E-state index in [2.05, 4.69) is 0 Å². The molecule has 0 aliphatic rings. The molecule has 20 heavy (non-hydrogen) atoms. The van der Waals surface area contributed by atoms with Crippen molar-refractivity contribution in [1.29, 1.82) is 0 Å². The van der Waals surface area contributed by atoms with Crippen LogP contribution in [0.3, 0.4) is 0 Å². The van der Waals surface area contributed by atoms with Gasteiger partial charge >= 0.3 is 11.9 Å². The normalized spacial score (nSPS) is 13.5. The molecule has 1 aromatic rings. The minimum absolute atomic E-state index is 0.198. The quantitative estimate of drug-likeness (QED) is 0.464. The molecule has 8 nitrogen and oxygen atoms in total. The standard InChI is InChI=1S/C12H13NO7/c13-9(15)4-8(14)10(16)6-2-1-5(11(17)18)3-7(6)12(19)20/h1-3,8,10,14,16H,4H2,(H2,13,15)(H,17,18)(H,19,20). The molecule has 0 bridgehead atoms. The Morgan fingerprint density at radius 1 is 1.10 bits per heavy atom. The summed E-state index contributed by atoms with van der Waals surface area (Å²) in [5.74, 6) is -3.66. The minimum atomic E-state index is -1.67. The van der Waals surface area contributed by atoms with E-state index in [1.807, 2.05) is 0 Å². The second-order valence-electron chi connectivity index (χ2n) is 4.09. The summed E-state index contributed by atoms with van der Waals surface area (Å²) in [4.78, 5) is 32.5. The number of amides is 1. The number of hydrogen-bond acceptors (Lipinski definition) is 5. The van der Waals surface area contributed by atoms with Crippen LogP contribution in [-0.4, -0.2) is 44.4 Å². The Balaban J connectivity index is 3.20. The maximum Gasteiger partial charge on any atom is 0.336 e. The SMILES string of the molecule is NC(=O)CC(O)C(O)c1ccc(C(=O)O)cc1C(=O)O. The first-order valence-corrected chi connectivity index (χ1v) is 5.49. The van der Waals surface area contributed by atoms with Gasteiger partial charge in [0.15, 0.2) is 0 Å². The minimum Gasteiger partial charge on any atom is -0.478 e. The molecule has 8 heteroatoms. The number of aromatic carboxylic acids is 2. The average Bonchev–Trinajstić information content (AvgIpc) is 2.36. The molecule has 0 spiro atoms. The highest BCUT2D eigenvalue weighted by Gasteiger charge is 2.25. The van der Waals surface area contributed by atoms with Crippen molar-refractivity contribution in [2.24, 2.45) is 5.73 Å². The van der Waals surface area contributed by atoms with Crippen LogP contribution in [0.1, 0.15) is 38.8 Å². The lowest BCUT2D eigenvalue weighted by Gasteiger charge is -2.18. The lowest BCUT2D eigenvalue weighted by Crippen LogP contribution is -2.27. The van der Waals surface area contributed by atoms with Gasteiger partial charge in [0.1, 0.15) is 6.10 Å². The number of benzene rings is 1. The predicted octanol–water partition coefficient (Wildman–Crippen LogP) is -0.647. The summed E-state index contributed by atoms with van der Waals surface area (Å²) >= 11 is 0. The molecule has 108 valence electrons. The average molecular weight is 283 g/mol. The number of carboxylic acids is 2. The lowest BCUT2D eigenvalue weighted by molar-refractivity contribution is -0.121. The molecule has 0 heterocycles. The van der Waals surface area contributed by atoms with Gasteiger partial charge in [0, 0.05) is 0 Å². The Morgan fingerprint density at radius 2 is 1.70 bits per heavy atom. The molecule has 2 atom stereocenters. The van der Waals surface area contributed by atoms with E-state index < -0.39 is 42.0 Å². The summed E-state index contributed by atoms with van der Waals surface area (Å²) in [6.45, 7) is 0. The van der Waals surface area contributed by atoms with Crippen molar-refractivity contribution in [1.82, 2.24) is 0 Å². The summed E-state index contributed by atoms with van der Waals surface area (Å²) in [5, 5.41) is 37.2. The van der Waals surface area contributed by atoms with Crippen LogP contribution < -0.4 is 5.73 Å². The highest BCUT2D eigenvalue weighted by molar-refractivity contribution is 5.95. The fourth-order valence-electron chi connectivity index (χ4n) is 1.66. The van der Waals surface area contributed by atoms with Crippen LogP contribution in [0.2, 0.25) is 0 Å². The van der Waals surface area contributed by atoms with Crippen molar-refractivity contribution < 1.29 is 34.8 Å². The Labute approximate surface area is 113 Å². The van der Waals surface area contributed by atoms with Gasteiger partial charge in [-0.05, 0) is 17.7 Å². The molecule has 0 aliphatic heterocycles. The second kappa shape index (κ2) is 6.13. The Kier molecular flexibility index (Phi) is 4.78. The van der Waals surface area contributed by atoms with E-state index in [1.54, 1.807) is 0 Å². The molecule has 1 amide bonds. The summed E-state index contributed by atoms with van der Waals surface area (Å²) in [5.41, 5.74) is 3.92. The van der Waals surface area contributed by atoms with E-state index >= 15 is 0 Å². The molecule has 1 aromatic carbocycles. The largest absolute Gasteiger partial charge is 0.478 e. The van der Waals surface area contributed by atoms with Crippen LogP contribution in [0.25, 0.3) is 0 Å². The number of aliphatic hydroxyl groups is 2. The maximum atomic E-state index is 11.1. The van der Waals surface area contributed by atoms with Crippen LogP contribution in [0.4, 0.5) is 0 Å².